The van der Waals surface area contributed by atoms with Crippen molar-refractivity contribution >= 4 is 22.7 Å². The third-order valence-corrected chi connectivity index (χ3v) is 4.22. The van der Waals surface area contributed by atoms with E-state index in [0.29, 0.717) is 21.9 Å². The molecule has 0 saturated heterocycles. The molecule has 0 aliphatic heterocycles. The van der Waals surface area contributed by atoms with Gasteiger partial charge in [0.05, 0.1) is 12.3 Å². The van der Waals surface area contributed by atoms with Gasteiger partial charge in [-0.25, -0.2) is 0 Å². The van der Waals surface area contributed by atoms with Crippen LogP contribution in [0.4, 0.5) is 10.5 Å². The van der Waals surface area contributed by atoms with E-state index in [4.69, 9.17) is 4.74 Å². The van der Waals surface area contributed by atoms with Crippen molar-refractivity contribution < 1.29 is 19.8 Å². The number of aliphatic hydroxyl groups is 1. The molecule has 0 unspecified atom stereocenters. The van der Waals surface area contributed by atoms with Crippen LogP contribution < -0.4 is 9.80 Å². The molecule has 6 heteroatoms. The number of carbonyl (C=O) groups excluding carboxylic acids is 1. The van der Waals surface area contributed by atoms with Crippen molar-refractivity contribution in [3.8, 4) is 5.75 Å². The van der Waals surface area contributed by atoms with Gasteiger partial charge in [0.25, 0.3) is 0 Å². The standard InChI is InChI=1S/C18H21NO4S/c1-12-7-8-17(13(2)9-12)23-11-15-14(10-20)5-4-6-16(15)19(22)18(21)24-3/h4-9,20,22H,10-11H2,1-3H3. The average Bonchev–Trinajstić information content (AvgIpc) is 2.59. The van der Waals surface area contributed by atoms with Gasteiger partial charge in [-0.05, 0) is 43.4 Å². The molecule has 2 aromatic carbocycles. The quantitative estimate of drug-likeness (QED) is 0.631. The minimum atomic E-state index is -0.502. The van der Waals surface area contributed by atoms with Gasteiger partial charge < -0.3 is 9.84 Å². The van der Waals surface area contributed by atoms with Crippen molar-refractivity contribution in [1.29, 1.82) is 0 Å². The number of hydroxylamine groups is 1. The smallest absolute Gasteiger partial charge is 0.309 e. The average molecular weight is 347 g/mol. The molecule has 2 rings (SSSR count). The van der Waals surface area contributed by atoms with Gasteiger partial charge in [0, 0.05) is 5.56 Å². The molecule has 2 N–H and O–H groups in total. The molecule has 0 spiro atoms. The van der Waals surface area contributed by atoms with Crippen LogP contribution in [0, 0.1) is 13.8 Å². The zero-order valence-corrected chi connectivity index (χ0v) is 14.8. The number of carbonyl (C=O) groups is 1. The zero-order valence-electron chi connectivity index (χ0n) is 13.9. The molecule has 0 fully saturated rings. The van der Waals surface area contributed by atoms with Gasteiger partial charge in [-0.3, -0.25) is 10.0 Å². The van der Waals surface area contributed by atoms with Crippen LogP contribution >= 0.6 is 11.8 Å². The lowest BCUT2D eigenvalue weighted by atomic mass is 10.1. The van der Waals surface area contributed by atoms with Gasteiger partial charge in [-0.15, -0.1) is 0 Å². The van der Waals surface area contributed by atoms with Crippen LogP contribution in [0.2, 0.25) is 0 Å². The van der Waals surface area contributed by atoms with Gasteiger partial charge in [0.15, 0.2) is 0 Å². The second kappa shape index (κ2) is 8.19. The summed E-state index contributed by atoms with van der Waals surface area (Å²) in [5.41, 5.74) is 3.63. The Morgan fingerprint density at radius 2 is 2.00 bits per heavy atom. The van der Waals surface area contributed by atoms with E-state index in [0.717, 1.165) is 28.6 Å². The largest absolute Gasteiger partial charge is 0.489 e. The summed E-state index contributed by atoms with van der Waals surface area (Å²) >= 11 is 0.902. The second-order valence-corrected chi connectivity index (χ2v) is 6.17. The Labute approximate surface area is 145 Å². The molecular weight excluding hydrogens is 326 g/mol. The summed E-state index contributed by atoms with van der Waals surface area (Å²) in [6.45, 7) is 3.89. The first kappa shape index (κ1) is 18.3. The van der Waals surface area contributed by atoms with Crippen LogP contribution in [0.25, 0.3) is 0 Å². The number of hydrogen-bond acceptors (Lipinski definition) is 5. The van der Waals surface area contributed by atoms with Crippen LogP contribution in [0.5, 0.6) is 5.75 Å². The number of rotatable bonds is 5. The molecule has 0 aromatic heterocycles. The highest BCUT2D eigenvalue weighted by Gasteiger charge is 2.18. The number of anilines is 1. The number of thioether (sulfide) groups is 1. The molecule has 0 aliphatic carbocycles. The minimum absolute atomic E-state index is 0.134. The normalized spacial score (nSPS) is 10.5. The Kier molecular flexibility index (Phi) is 6.25. The lowest BCUT2D eigenvalue weighted by Crippen LogP contribution is -2.24. The van der Waals surface area contributed by atoms with E-state index in [1.807, 2.05) is 32.0 Å². The highest BCUT2D eigenvalue weighted by molar-refractivity contribution is 8.13. The summed E-state index contributed by atoms with van der Waals surface area (Å²) in [5, 5.41) is 19.8. The third-order valence-electron chi connectivity index (χ3n) is 3.70. The Balaban J connectivity index is 2.32. The molecule has 1 amide bonds. The number of nitrogens with zero attached hydrogens (tertiary/aromatic N) is 1. The second-order valence-electron chi connectivity index (χ2n) is 5.41. The monoisotopic (exact) mass is 347 g/mol. The summed E-state index contributed by atoms with van der Waals surface area (Å²) < 4.78 is 5.86. The molecule has 0 bridgehead atoms. The first-order valence-electron chi connectivity index (χ1n) is 7.46. The van der Waals surface area contributed by atoms with E-state index in [2.05, 4.69) is 0 Å². The van der Waals surface area contributed by atoms with Crippen molar-refractivity contribution in [2.24, 2.45) is 0 Å². The fourth-order valence-electron chi connectivity index (χ4n) is 2.43. The first-order valence-corrected chi connectivity index (χ1v) is 8.69. The molecule has 2 aromatic rings. The zero-order chi connectivity index (χ0) is 17.7. The number of ether oxygens (including phenoxy) is 1. The van der Waals surface area contributed by atoms with Gasteiger partial charge in [-0.1, -0.05) is 41.6 Å². The number of benzene rings is 2. The summed E-state index contributed by atoms with van der Waals surface area (Å²) in [7, 11) is 0. The predicted octanol–water partition coefficient (Wildman–Crippen LogP) is 4.05. The molecule has 24 heavy (non-hydrogen) atoms. The first-order chi connectivity index (χ1) is 11.5. The minimum Gasteiger partial charge on any atom is -0.489 e. The summed E-state index contributed by atoms with van der Waals surface area (Å²) in [5.74, 6) is 0.722. The molecular formula is C18H21NO4S. The van der Waals surface area contributed by atoms with Gasteiger partial charge in [0.2, 0.25) is 0 Å². The fraction of sp³-hybridized carbons (Fsp3) is 0.278. The van der Waals surface area contributed by atoms with E-state index >= 15 is 0 Å². The summed E-state index contributed by atoms with van der Waals surface area (Å²) in [6, 6.07) is 10.9. The van der Waals surface area contributed by atoms with E-state index in [-0.39, 0.29) is 13.2 Å². The van der Waals surface area contributed by atoms with E-state index in [1.165, 1.54) is 0 Å². The highest BCUT2D eigenvalue weighted by Crippen LogP contribution is 2.28. The maximum atomic E-state index is 11.8. The predicted molar refractivity (Wildman–Crippen MR) is 95.8 cm³/mol. The molecule has 0 atom stereocenters. The lowest BCUT2D eigenvalue weighted by molar-refractivity contribution is 0.223. The van der Waals surface area contributed by atoms with Crippen molar-refractivity contribution in [3.05, 3.63) is 58.7 Å². The van der Waals surface area contributed by atoms with Crippen molar-refractivity contribution in [1.82, 2.24) is 0 Å². The lowest BCUT2D eigenvalue weighted by Gasteiger charge is -2.20. The molecule has 128 valence electrons. The van der Waals surface area contributed by atoms with Crippen LogP contribution in [0.15, 0.2) is 36.4 Å². The number of aryl methyl sites for hydroxylation is 2. The Morgan fingerprint density at radius 1 is 1.25 bits per heavy atom. The van der Waals surface area contributed by atoms with Crippen molar-refractivity contribution in [3.63, 3.8) is 0 Å². The fourth-order valence-corrected chi connectivity index (χ4v) is 2.70. The van der Waals surface area contributed by atoms with Crippen LogP contribution in [0.1, 0.15) is 22.3 Å². The number of aliphatic hydroxyl groups excluding tert-OH is 1. The highest BCUT2D eigenvalue weighted by atomic mass is 32.2. The molecule has 0 saturated carbocycles. The van der Waals surface area contributed by atoms with Gasteiger partial charge in [0.1, 0.15) is 12.4 Å². The van der Waals surface area contributed by atoms with Crippen LogP contribution in [0.3, 0.4) is 0 Å². The molecule has 0 aliphatic rings. The Morgan fingerprint density at radius 3 is 2.62 bits per heavy atom. The Bertz CT molecular complexity index is 733. The SMILES string of the molecule is CSC(=O)N(O)c1cccc(CO)c1COc1ccc(C)cc1C. The van der Waals surface area contributed by atoms with Crippen LogP contribution in [-0.4, -0.2) is 21.8 Å². The topological polar surface area (TPSA) is 70.0 Å². The van der Waals surface area contributed by atoms with E-state index < -0.39 is 5.24 Å². The van der Waals surface area contributed by atoms with Crippen molar-refractivity contribution in [2.75, 3.05) is 11.3 Å². The number of amides is 1. The maximum absolute atomic E-state index is 11.8. The maximum Gasteiger partial charge on any atom is 0.309 e. The Hall–Kier alpha value is -2.02. The third kappa shape index (κ3) is 4.08. The summed E-state index contributed by atoms with van der Waals surface area (Å²) in [6.07, 6.45) is 1.59. The van der Waals surface area contributed by atoms with E-state index in [1.54, 1.807) is 24.5 Å². The van der Waals surface area contributed by atoms with Crippen molar-refractivity contribution in [2.45, 2.75) is 27.1 Å². The molecule has 0 heterocycles. The van der Waals surface area contributed by atoms with Gasteiger partial charge >= 0.3 is 5.24 Å². The summed E-state index contributed by atoms with van der Waals surface area (Å²) in [4.78, 5) is 11.8. The van der Waals surface area contributed by atoms with Gasteiger partial charge in [-0.2, -0.15) is 5.06 Å². The van der Waals surface area contributed by atoms with E-state index in [9.17, 15) is 15.1 Å². The molecule has 0 radical (unpaired) electrons. The molecule has 5 nitrogen and oxygen atoms in total. The van der Waals surface area contributed by atoms with Crippen LogP contribution in [-0.2, 0) is 13.2 Å². The number of hydrogen-bond donors (Lipinski definition) is 2.